The fourth-order valence-electron chi connectivity index (χ4n) is 1.17. The third kappa shape index (κ3) is 9.40. The summed E-state index contributed by atoms with van der Waals surface area (Å²) in [6.07, 6.45) is 6.23. The third-order valence-corrected chi connectivity index (χ3v) is 2.19. The summed E-state index contributed by atoms with van der Waals surface area (Å²) < 4.78 is 4.74. The fourth-order valence-corrected chi connectivity index (χ4v) is 1.17. The van der Waals surface area contributed by atoms with E-state index in [1.807, 2.05) is 36.4 Å². The van der Waals surface area contributed by atoms with Crippen molar-refractivity contribution in [1.29, 1.82) is 0 Å². The summed E-state index contributed by atoms with van der Waals surface area (Å²) in [5, 5.41) is 0. The highest BCUT2D eigenvalue weighted by atomic mass is 16.5. The molecule has 0 saturated heterocycles. The summed E-state index contributed by atoms with van der Waals surface area (Å²) in [5.41, 5.74) is 1.17. The molecule has 2 heteroatoms. The molecule has 98 valence electrons. The van der Waals surface area contributed by atoms with Crippen molar-refractivity contribution >= 4 is 12.0 Å². The van der Waals surface area contributed by atoms with Crippen molar-refractivity contribution in [3.8, 4) is 0 Å². The van der Waals surface area contributed by atoms with E-state index in [9.17, 15) is 4.79 Å². The molecule has 0 radical (unpaired) electrons. The van der Waals surface area contributed by atoms with Gasteiger partial charge in [0.1, 0.15) is 0 Å². The van der Waals surface area contributed by atoms with Crippen LogP contribution in [0.4, 0.5) is 0 Å². The molecule has 0 aromatic heterocycles. The molecule has 0 aliphatic carbocycles. The van der Waals surface area contributed by atoms with E-state index in [1.54, 1.807) is 0 Å². The Morgan fingerprint density at radius 1 is 1.22 bits per heavy atom. The second-order valence-corrected chi connectivity index (χ2v) is 3.69. The smallest absolute Gasteiger partial charge is 0.330 e. The Morgan fingerprint density at radius 3 is 2.33 bits per heavy atom. The Bertz CT molecular complexity index is 341. The van der Waals surface area contributed by atoms with Crippen LogP contribution in [0.5, 0.6) is 0 Å². The van der Waals surface area contributed by atoms with Crippen molar-refractivity contribution in [3.05, 3.63) is 55.1 Å². The van der Waals surface area contributed by atoms with Crippen LogP contribution < -0.4 is 0 Å². The summed E-state index contributed by atoms with van der Waals surface area (Å²) in [5.74, 6) is -0.323. The van der Waals surface area contributed by atoms with Gasteiger partial charge in [-0.05, 0) is 12.0 Å². The molecule has 0 aliphatic rings. The van der Waals surface area contributed by atoms with Gasteiger partial charge < -0.3 is 4.74 Å². The molecule has 0 N–H and O–H groups in total. The Morgan fingerprint density at radius 2 is 1.89 bits per heavy atom. The van der Waals surface area contributed by atoms with Gasteiger partial charge in [-0.2, -0.15) is 0 Å². The fraction of sp³-hybridized carbons (Fsp3) is 0.312. The third-order valence-electron chi connectivity index (χ3n) is 2.19. The number of carbonyl (C=O) groups is 1. The molecule has 0 spiro atoms. The Labute approximate surface area is 110 Å². The molecular weight excluding hydrogens is 224 g/mol. The van der Waals surface area contributed by atoms with Gasteiger partial charge in [0.05, 0.1) is 6.61 Å². The highest BCUT2D eigenvalue weighted by molar-refractivity contribution is 5.81. The lowest BCUT2D eigenvalue weighted by atomic mass is 10.2. The maximum Gasteiger partial charge on any atom is 0.330 e. The van der Waals surface area contributed by atoms with Gasteiger partial charge in [0, 0.05) is 6.08 Å². The Balaban J connectivity index is 0.000000327. The van der Waals surface area contributed by atoms with Crippen molar-refractivity contribution in [2.45, 2.75) is 26.2 Å². The first-order valence-corrected chi connectivity index (χ1v) is 6.21. The van der Waals surface area contributed by atoms with Crippen LogP contribution in [0.2, 0.25) is 0 Å². The van der Waals surface area contributed by atoms with Gasteiger partial charge >= 0.3 is 5.97 Å². The number of rotatable bonds is 6. The Kier molecular flexibility index (Phi) is 10.5. The monoisotopic (exact) mass is 246 g/mol. The van der Waals surface area contributed by atoms with Crippen LogP contribution in [-0.4, -0.2) is 12.6 Å². The molecule has 1 aromatic carbocycles. The number of ether oxygens (including phenoxy) is 1. The lowest BCUT2D eigenvalue weighted by Crippen LogP contribution is -2.01. The average molecular weight is 246 g/mol. The first-order chi connectivity index (χ1) is 8.74. The maximum atomic E-state index is 10.4. The molecule has 0 saturated carbocycles. The highest BCUT2D eigenvalue weighted by Gasteiger charge is 1.92. The van der Waals surface area contributed by atoms with Crippen LogP contribution in [-0.2, 0) is 9.53 Å². The van der Waals surface area contributed by atoms with Crippen LogP contribution in [0.1, 0.15) is 31.7 Å². The van der Waals surface area contributed by atoms with Gasteiger partial charge in [-0.15, -0.1) is 0 Å². The topological polar surface area (TPSA) is 26.3 Å². The van der Waals surface area contributed by atoms with Crippen LogP contribution in [0.15, 0.2) is 49.6 Å². The SMILES string of the molecule is C=CC(=O)OCCCCC.C=Cc1ccccc1. The second kappa shape index (κ2) is 11.6. The van der Waals surface area contributed by atoms with Gasteiger partial charge in [0.25, 0.3) is 0 Å². The number of unbranched alkanes of at least 4 members (excludes halogenated alkanes) is 2. The van der Waals surface area contributed by atoms with Crippen LogP contribution >= 0.6 is 0 Å². The minimum atomic E-state index is -0.323. The summed E-state index contributed by atoms with van der Waals surface area (Å²) >= 11 is 0. The van der Waals surface area contributed by atoms with Gasteiger partial charge in [-0.1, -0.05) is 69.3 Å². The molecule has 0 unspecified atom stereocenters. The van der Waals surface area contributed by atoms with E-state index in [1.165, 1.54) is 11.6 Å². The first-order valence-electron chi connectivity index (χ1n) is 6.21. The Hall–Kier alpha value is -1.83. The lowest BCUT2D eigenvalue weighted by Gasteiger charge is -1.98. The number of hydrogen-bond acceptors (Lipinski definition) is 2. The standard InChI is InChI=1S/C8H14O2.C8H8/c1-3-5-6-7-10-8(9)4-2;1-2-8-6-4-3-5-7-8/h4H,2-3,5-7H2,1H3;2-7H,1H2. The molecule has 0 bridgehead atoms. The zero-order valence-corrected chi connectivity index (χ0v) is 11.1. The predicted octanol–water partition coefficient (Wildman–Crippen LogP) is 4.24. The van der Waals surface area contributed by atoms with Crippen molar-refractivity contribution in [3.63, 3.8) is 0 Å². The lowest BCUT2D eigenvalue weighted by molar-refractivity contribution is -0.137. The second-order valence-electron chi connectivity index (χ2n) is 3.69. The average Bonchev–Trinajstić information content (AvgIpc) is 2.45. The summed E-state index contributed by atoms with van der Waals surface area (Å²) in [4.78, 5) is 10.4. The van der Waals surface area contributed by atoms with Gasteiger partial charge in [0.15, 0.2) is 0 Å². The zero-order valence-electron chi connectivity index (χ0n) is 11.1. The van der Waals surface area contributed by atoms with E-state index in [0.717, 1.165) is 19.3 Å². The highest BCUT2D eigenvalue weighted by Crippen LogP contribution is 1.97. The van der Waals surface area contributed by atoms with Gasteiger partial charge in [-0.25, -0.2) is 4.79 Å². The minimum Gasteiger partial charge on any atom is -0.463 e. The zero-order chi connectivity index (χ0) is 13.6. The number of esters is 1. The maximum absolute atomic E-state index is 10.4. The van der Waals surface area contributed by atoms with Gasteiger partial charge in [-0.3, -0.25) is 0 Å². The van der Waals surface area contributed by atoms with E-state index >= 15 is 0 Å². The van der Waals surface area contributed by atoms with Crippen molar-refractivity contribution in [1.82, 2.24) is 0 Å². The molecule has 0 fully saturated rings. The largest absolute Gasteiger partial charge is 0.463 e. The van der Waals surface area contributed by atoms with Gasteiger partial charge in [0.2, 0.25) is 0 Å². The van der Waals surface area contributed by atoms with E-state index in [-0.39, 0.29) is 5.97 Å². The van der Waals surface area contributed by atoms with Crippen molar-refractivity contribution < 1.29 is 9.53 Å². The van der Waals surface area contributed by atoms with E-state index < -0.39 is 0 Å². The number of carbonyl (C=O) groups excluding carboxylic acids is 1. The molecule has 2 nitrogen and oxygen atoms in total. The molecule has 0 amide bonds. The van der Waals surface area contributed by atoms with E-state index in [4.69, 9.17) is 4.74 Å². The molecule has 0 heterocycles. The van der Waals surface area contributed by atoms with Crippen LogP contribution in [0.3, 0.4) is 0 Å². The van der Waals surface area contributed by atoms with Crippen LogP contribution in [0.25, 0.3) is 6.08 Å². The molecule has 18 heavy (non-hydrogen) atoms. The molecule has 0 atom stereocenters. The summed E-state index contributed by atoms with van der Waals surface area (Å²) in [7, 11) is 0. The van der Waals surface area contributed by atoms with Crippen LogP contribution in [0, 0.1) is 0 Å². The number of hydrogen-bond donors (Lipinski definition) is 0. The van der Waals surface area contributed by atoms with E-state index in [0.29, 0.717) is 6.61 Å². The van der Waals surface area contributed by atoms with Crippen molar-refractivity contribution in [2.24, 2.45) is 0 Å². The van der Waals surface area contributed by atoms with E-state index in [2.05, 4.69) is 20.1 Å². The first kappa shape index (κ1) is 16.2. The molecule has 0 aliphatic heterocycles. The van der Waals surface area contributed by atoms with Crippen molar-refractivity contribution in [2.75, 3.05) is 6.61 Å². The minimum absolute atomic E-state index is 0.323. The molecular formula is C16H22O2. The number of benzene rings is 1. The normalized spacial score (nSPS) is 8.72. The summed E-state index contributed by atoms with van der Waals surface area (Å²) in [6.45, 7) is 9.55. The predicted molar refractivity (Wildman–Crippen MR) is 77.2 cm³/mol. The quantitative estimate of drug-likeness (QED) is 0.426. The molecule has 1 rings (SSSR count). The molecule has 1 aromatic rings. The summed E-state index contributed by atoms with van der Waals surface area (Å²) in [6, 6.07) is 10.0.